The minimum atomic E-state index is -3.71. The van der Waals surface area contributed by atoms with Crippen LogP contribution < -0.4 is 10.5 Å². The SMILES string of the molecule is CCC(N)(CC)CNS(=O)(=O)c1ccccc1C#N. The lowest BCUT2D eigenvalue weighted by atomic mass is 9.95. The monoisotopic (exact) mass is 281 g/mol. The summed E-state index contributed by atoms with van der Waals surface area (Å²) in [6.45, 7) is 3.99. The van der Waals surface area contributed by atoms with Crippen molar-refractivity contribution in [3.63, 3.8) is 0 Å². The van der Waals surface area contributed by atoms with E-state index in [0.717, 1.165) is 0 Å². The van der Waals surface area contributed by atoms with Gasteiger partial charge in [-0.15, -0.1) is 0 Å². The Morgan fingerprint density at radius 3 is 2.42 bits per heavy atom. The van der Waals surface area contributed by atoms with E-state index in [0.29, 0.717) is 12.8 Å². The third-order valence-electron chi connectivity index (χ3n) is 3.32. The van der Waals surface area contributed by atoms with Crippen molar-refractivity contribution in [2.24, 2.45) is 5.73 Å². The average molecular weight is 281 g/mol. The summed E-state index contributed by atoms with van der Waals surface area (Å²) >= 11 is 0. The van der Waals surface area contributed by atoms with Crippen LogP contribution in [0.3, 0.4) is 0 Å². The molecule has 0 amide bonds. The van der Waals surface area contributed by atoms with Crippen LogP contribution in [0.1, 0.15) is 32.3 Å². The predicted octanol–water partition coefficient (Wildman–Crippen LogP) is 1.35. The van der Waals surface area contributed by atoms with Gasteiger partial charge < -0.3 is 5.73 Å². The Kier molecular flexibility index (Phi) is 5.06. The Morgan fingerprint density at radius 1 is 1.32 bits per heavy atom. The van der Waals surface area contributed by atoms with Crippen molar-refractivity contribution >= 4 is 10.0 Å². The zero-order valence-electron chi connectivity index (χ0n) is 11.2. The molecular weight excluding hydrogens is 262 g/mol. The molecule has 1 aromatic carbocycles. The van der Waals surface area contributed by atoms with Crippen molar-refractivity contribution in [3.05, 3.63) is 29.8 Å². The molecule has 0 fully saturated rings. The fourth-order valence-corrected chi connectivity index (χ4v) is 2.90. The maximum absolute atomic E-state index is 12.2. The molecule has 3 N–H and O–H groups in total. The lowest BCUT2D eigenvalue weighted by Gasteiger charge is -2.26. The first-order valence-corrected chi connectivity index (χ1v) is 7.64. The number of nitriles is 1. The van der Waals surface area contributed by atoms with Crippen LogP contribution in [0.15, 0.2) is 29.2 Å². The normalized spacial score (nSPS) is 12.1. The third kappa shape index (κ3) is 3.77. The summed E-state index contributed by atoms with van der Waals surface area (Å²) in [7, 11) is -3.71. The Balaban J connectivity index is 2.98. The van der Waals surface area contributed by atoms with Gasteiger partial charge in [0.2, 0.25) is 10.0 Å². The lowest BCUT2D eigenvalue weighted by molar-refractivity contribution is 0.391. The fraction of sp³-hybridized carbons (Fsp3) is 0.462. The Hall–Kier alpha value is -1.42. The number of nitrogens with zero attached hydrogens (tertiary/aromatic N) is 1. The van der Waals surface area contributed by atoms with Gasteiger partial charge in [0, 0.05) is 12.1 Å². The molecule has 0 aliphatic heterocycles. The van der Waals surface area contributed by atoms with E-state index >= 15 is 0 Å². The zero-order valence-corrected chi connectivity index (χ0v) is 12.0. The van der Waals surface area contributed by atoms with E-state index in [1.165, 1.54) is 12.1 Å². The average Bonchev–Trinajstić information content (AvgIpc) is 2.44. The number of nitrogens with two attached hydrogens (primary N) is 1. The van der Waals surface area contributed by atoms with Crippen LogP contribution in [0.5, 0.6) is 0 Å². The number of nitrogens with one attached hydrogen (secondary N) is 1. The largest absolute Gasteiger partial charge is 0.324 e. The molecule has 0 atom stereocenters. The number of benzene rings is 1. The molecule has 0 heterocycles. The van der Waals surface area contributed by atoms with Gasteiger partial charge in [0.15, 0.2) is 0 Å². The second kappa shape index (κ2) is 6.15. The molecule has 0 saturated carbocycles. The fourth-order valence-electron chi connectivity index (χ4n) is 1.61. The molecule has 104 valence electrons. The van der Waals surface area contributed by atoms with Crippen LogP contribution in [0.2, 0.25) is 0 Å². The summed E-state index contributed by atoms with van der Waals surface area (Å²) in [4.78, 5) is -0.00736. The second-order valence-corrected chi connectivity index (χ2v) is 6.24. The van der Waals surface area contributed by atoms with Gasteiger partial charge in [-0.1, -0.05) is 26.0 Å². The first-order chi connectivity index (χ1) is 8.88. The van der Waals surface area contributed by atoms with Gasteiger partial charge in [0.25, 0.3) is 0 Å². The van der Waals surface area contributed by atoms with Crippen molar-refractivity contribution in [2.45, 2.75) is 37.1 Å². The van der Waals surface area contributed by atoms with Crippen molar-refractivity contribution in [1.29, 1.82) is 5.26 Å². The van der Waals surface area contributed by atoms with Crippen LogP contribution in [0.25, 0.3) is 0 Å². The molecule has 0 aliphatic rings. The van der Waals surface area contributed by atoms with Gasteiger partial charge in [-0.25, -0.2) is 13.1 Å². The first-order valence-electron chi connectivity index (χ1n) is 6.16. The maximum atomic E-state index is 12.2. The molecule has 19 heavy (non-hydrogen) atoms. The van der Waals surface area contributed by atoms with Crippen LogP contribution in [-0.2, 0) is 10.0 Å². The first kappa shape index (κ1) is 15.6. The highest BCUT2D eigenvalue weighted by Gasteiger charge is 2.25. The molecule has 0 bridgehead atoms. The number of hydrogen-bond donors (Lipinski definition) is 2. The van der Waals surface area contributed by atoms with Crippen molar-refractivity contribution < 1.29 is 8.42 Å². The van der Waals surface area contributed by atoms with E-state index < -0.39 is 15.6 Å². The highest BCUT2D eigenvalue weighted by atomic mass is 32.2. The smallest absolute Gasteiger partial charge is 0.241 e. The summed E-state index contributed by atoms with van der Waals surface area (Å²) in [5.74, 6) is 0. The second-order valence-electron chi connectivity index (χ2n) is 4.50. The summed E-state index contributed by atoms with van der Waals surface area (Å²) < 4.78 is 26.8. The van der Waals surface area contributed by atoms with Crippen molar-refractivity contribution in [2.75, 3.05) is 6.54 Å². The molecule has 0 unspecified atom stereocenters. The molecule has 5 nitrogen and oxygen atoms in total. The van der Waals surface area contributed by atoms with Crippen LogP contribution in [0, 0.1) is 11.3 Å². The number of hydrogen-bond acceptors (Lipinski definition) is 4. The molecule has 0 aliphatic carbocycles. The zero-order chi connectivity index (χ0) is 14.5. The van der Waals surface area contributed by atoms with E-state index in [2.05, 4.69) is 4.72 Å². The van der Waals surface area contributed by atoms with E-state index in [1.54, 1.807) is 12.1 Å². The van der Waals surface area contributed by atoms with Gasteiger partial charge in [-0.2, -0.15) is 5.26 Å². The number of sulfonamides is 1. The van der Waals surface area contributed by atoms with E-state index in [-0.39, 0.29) is 17.0 Å². The van der Waals surface area contributed by atoms with Crippen LogP contribution in [0.4, 0.5) is 0 Å². The van der Waals surface area contributed by atoms with Crippen molar-refractivity contribution in [3.8, 4) is 6.07 Å². The minimum Gasteiger partial charge on any atom is -0.324 e. The molecule has 0 aromatic heterocycles. The highest BCUT2D eigenvalue weighted by Crippen LogP contribution is 2.16. The third-order valence-corrected chi connectivity index (χ3v) is 4.78. The van der Waals surface area contributed by atoms with Gasteiger partial charge in [0.1, 0.15) is 6.07 Å². The van der Waals surface area contributed by atoms with Crippen LogP contribution in [-0.4, -0.2) is 20.5 Å². The van der Waals surface area contributed by atoms with Gasteiger partial charge in [0.05, 0.1) is 10.5 Å². The summed E-state index contributed by atoms with van der Waals surface area (Å²) in [5, 5.41) is 8.94. The number of rotatable bonds is 6. The van der Waals surface area contributed by atoms with E-state index in [9.17, 15) is 8.42 Å². The highest BCUT2D eigenvalue weighted by molar-refractivity contribution is 7.89. The molecular formula is C13H19N3O2S. The Bertz CT molecular complexity index is 572. The Labute approximate surface area is 114 Å². The van der Waals surface area contributed by atoms with Crippen LogP contribution >= 0.6 is 0 Å². The molecule has 1 aromatic rings. The molecule has 0 saturated heterocycles. The standard InChI is InChI=1S/C13H19N3O2S/c1-3-13(15,4-2)10-16-19(17,18)12-8-6-5-7-11(12)9-14/h5-8,16H,3-4,10,15H2,1-2H3. The minimum absolute atomic E-state index is 0.00736. The molecule has 1 rings (SSSR count). The molecule has 6 heteroatoms. The topological polar surface area (TPSA) is 96.0 Å². The summed E-state index contributed by atoms with van der Waals surface area (Å²) in [5.41, 5.74) is 5.63. The lowest BCUT2D eigenvalue weighted by Crippen LogP contribution is -2.49. The van der Waals surface area contributed by atoms with Crippen molar-refractivity contribution in [1.82, 2.24) is 4.72 Å². The van der Waals surface area contributed by atoms with Gasteiger partial charge in [-0.3, -0.25) is 0 Å². The van der Waals surface area contributed by atoms with Gasteiger partial charge in [-0.05, 0) is 25.0 Å². The molecule has 0 radical (unpaired) electrons. The predicted molar refractivity (Wildman–Crippen MR) is 73.8 cm³/mol. The van der Waals surface area contributed by atoms with Gasteiger partial charge >= 0.3 is 0 Å². The summed E-state index contributed by atoms with van der Waals surface area (Å²) in [6, 6.07) is 7.98. The van der Waals surface area contributed by atoms with E-state index in [1.807, 2.05) is 19.9 Å². The summed E-state index contributed by atoms with van der Waals surface area (Å²) in [6.07, 6.45) is 1.35. The molecule has 0 spiro atoms. The van der Waals surface area contributed by atoms with E-state index in [4.69, 9.17) is 11.0 Å². The Morgan fingerprint density at radius 2 is 1.89 bits per heavy atom. The quantitative estimate of drug-likeness (QED) is 0.822. The maximum Gasteiger partial charge on any atom is 0.241 e.